The third-order valence-electron chi connectivity index (χ3n) is 3.45. The second-order valence-corrected chi connectivity index (χ2v) is 7.02. The monoisotopic (exact) mass is 310 g/mol. The normalized spacial score (nSPS) is 11.6. The Morgan fingerprint density at radius 3 is 2.45 bits per heavy atom. The summed E-state index contributed by atoms with van der Waals surface area (Å²) in [6, 6.07) is 9.34. The molecule has 2 aromatic heterocycles. The topological polar surface area (TPSA) is 46.0 Å². The predicted molar refractivity (Wildman–Crippen MR) is 91.1 cm³/mol. The average Bonchev–Trinajstić information content (AvgIpc) is 3.00. The summed E-state index contributed by atoms with van der Waals surface area (Å²) in [6.45, 7) is 6.25. The van der Waals surface area contributed by atoms with Gasteiger partial charge in [-0.15, -0.1) is 0 Å². The Balaban J connectivity index is 2.26. The van der Waals surface area contributed by atoms with Gasteiger partial charge in [0.05, 0.1) is 5.69 Å². The molecule has 1 aromatic carbocycles. The van der Waals surface area contributed by atoms with Crippen molar-refractivity contribution in [3.05, 3.63) is 53.1 Å². The highest BCUT2D eigenvalue weighted by atomic mass is 32.1. The molecule has 0 amide bonds. The van der Waals surface area contributed by atoms with Crippen LogP contribution >= 0.6 is 11.3 Å². The van der Waals surface area contributed by atoms with Gasteiger partial charge in [0.1, 0.15) is 11.6 Å². The molecule has 0 spiro atoms. The zero-order valence-corrected chi connectivity index (χ0v) is 13.7. The summed E-state index contributed by atoms with van der Waals surface area (Å²) in [7, 11) is 0. The summed E-state index contributed by atoms with van der Waals surface area (Å²) in [6.07, 6.45) is 1.86. The first kappa shape index (κ1) is 14.7. The Kier molecular flexibility index (Phi) is 3.71. The van der Waals surface area contributed by atoms with Gasteiger partial charge in [-0.1, -0.05) is 32.9 Å². The molecule has 0 fully saturated rings. The number of nitrogens with zero attached hydrogens (tertiary/aromatic N) is 2. The summed E-state index contributed by atoms with van der Waals surface area (Å²) < 4.78 is 0. The highest BCUT2D eigenvalue weighted by molar-refractivity contribution is 7.08. The predicted octanol–water partition coefficient (Wildman–Crippen LogP) is 4.88. The van der Waals surface area contributed by atoms with Crippen molar-refractivity contribution in [2.75, 3.05) is 0 Å². The van der Waals surface area contributed by atoms with E-state index in [1.54, 1.807) is 17.4 Å². The fraction of sp³-hybridized carbons (Fsp3) is 0.222. The first-order valence-electron chi connectivity index (χ1n) is 7.15. The number of rotatable bonds is 2. The third-order valence-corrected chi connectivity index (χ3v) is 4.13. The van der Waals surface area contributed by atoms with Crippen molar-refractivity contribution in [2.45, 2.75) is 26.2 Å². The number of hydrogen-bond acceptors (Lipinski definition) is 4. The van der Waals surface area contributed by atoms with E-state index in [4.69, 9.17) is 4.98 Å². The molecule has 3 rings (SSSR count). The zero-order valence-electron chi connectivity index (χ0n) is 12.9. The van der Waals surface area contributed by atoms with Crippen LogP contribution in [0.2, 0.25) is 0 Å². The van der Waals surface area contributed by atoms with Crippen molar-refractivity contribution in [3.63, 3.8) is 0 Å². The van der Waals surface area contributed by atoms with Crippen LogP contribution in [-0.4, -0.2) is 15.1 Å². The van der Waals surface area contributed by atoms with Crippen LogP contribution in [0.4, 0.5) is 0 Å². The smallest absolute Gasteiger partial charge is 0.134 e. The number of benzene rings is 1. The number of hydrogen-bond donors (Lipinski definition) is 1. The third kappa shape index (κ3) is 2.74. The van der Waals surface area contributed by atoms with Gasteiger partial charge < -0.3 is 5.11 Å². The van der Waals surface area contributed by atoms with E-state index in [9.17, 15) is 5.11 Å². The van der Waals surface area contributed by atoms with Crippen LogP contribution in [0, 0.1) is 0 Å². The molecule has 3 nitrogen and oxygen atoms in total. The fourth-order valence-corrected chi connectivity index (χ4v) is 2.91. The van der Waals surface area contributed by atoms with Gasteiger partial charge in [-0.3, -0.25) is 0 Å². The van der Waals surface area contributed by atoms with Gasteiger partial charge >= 0.3 is 0 Å². The van der Waals surface area contributed by atoms with E-state index < -0.39 is 0 Å². The molecule has 1 N–H and O–H groups in total. The summed E-state index contributed by atoms with van der Waals surface area (Å²) in [4.78, 5) is 9.30. The lowest BCUT2D eigenvalue weighted by atomic mass is 9.94. The molecule has 0 radical (unpaired) electrons. The second-order valence-electron chi connectivity index (χ2n) is 6.24. The molecule has 112 valence electrons. The molecule has 0 bridgehead atoms. The van der Waals surface area contributed by atoms with E-state index in [1.165, 1.54) is 0 Å². The molecule has 0 unspecified atom stereocenters. The van der Waals surface area contributed by atoms with E-state index in [1.807, 2.05) is 35.8 Å². The molecule has 2 heterocycles. The van der Waals surface area contributed by atoms with Crippen LogP contribution in [0.5, 0.6) is 5.75 Å². The van der Waals surface area contributed by atoms with Crippen LogP contribution in [-0.2, 0) is 5.41 Å². The standard InChI is InChI=1S/C18H18N2OS/c1-18(2,3)17-19-10-14(12-8-9-22-11-12)16(20-17)13-6-4-5-7-15(13)21/h4-11,21H,1-3H3. The van der Waals surface area contributed by atoms with Crippen molar-refractivity contribution in [1.82, 2.24) is 9.97 Å². The highest BCUT2D eigenvalue weighted by Crippen LogP contribution is 2.36. The number of aromatic hydroxyl groups is 1. The molecule has 22 heavy (non-hydrogen) atoms. The maximum absolute atomic E-state index is 10.2. The van der Waals surface area contributed by atoms with Gasteiger partial charge in [-0.05, 0) is 34.5 Å². The van der Waals surface area contributed by atoms with Crippen molar-refractivity contribution in [2.24, 2.45) is 0 Å². The molecular weight excluding hydrogens is 292 g/mol. The maximum atomic E-state index is 10.2. The lowest BCUT2D eigenvalue weighted by molar-refractivity contribution is 0.477. The average molecular weight is 310 g/mol. The zero-order chi connectivity index (χ0) is 15.7. The van der Waals surface area contributed by atoms with E-state index in [0.29, 0.717) is 0 Å². The summed E-state index contributed by atoms with van der Waals surface area (Å²) in [5.41, 5.74) is 3.37. The van der Waals surface area contributed by atoms with Gasteiger partial charge in [0.15, 0.2) is 0 Å². The minimum atomic E-state index is -0.147. The first-order chi connectivity index (χ1) is 10.5. The Hall–Kier alpha value is -2.20. The SMILES string of the molecule is CC(C)(C)c1ncc(-c2ccsc2)c(-c2ccccc2O)n1. The first-order valence-corrected chi connectivity index (χ1v) is 8.09. The lowest BCUT2D eigenvalue weighted by Gasteiger charge is -2.19. The van der Waals surface area contributed by atoms with Crippen molar-refractivity contribution in [1.29, 1.82) is 0 Å². The van der Waals surface area contributed by atoms with Crippen LogP contribution in [0.3, 0.4) is 0 Å². The quantitative estimate of drug-likeness (QED) is 0.734. The van der Waals surface area contributed by atoms with Gasteiger partial charge in [0.2, 0.25) is 0 Å². The van der Waals surface area contributed by atoms with E-state index in [0.717, 1.165) is 28.2 Å². The Morgan fingerprint density at radius 2 is 1.82 bits per heavy atom. The highest BCUT2D eigenvalue weighted by Gasteiger charge is 2.21. The molecular formula is C18H18N2OS. The van der Waals surface area contributed by atoms with Crippen molar-refractivity contribution in [3.8, 4) is 28.1 Å². The van der Waals surface area contributed by atoms with Gasteiger partial charge in [-0.2, -0.15) is 11.3 Å². The Labute approximate surface area is 134 Å². The molecule has 0 saturated heterocycles. The van der Waals surface area contributed by atoms with Crippen LogP contribution < -0.4 is 0 Å². The molecule has 0 saturated carbocycles. The van der Waals surface area contributed by atoms with Crippen molar-refractivity contribution >= 4 is 11.3 Å². The van der Waals surface area contributed by atoms with Crippen molar-refractivity contribution < 1.29 is 5.11 Å². The van der Waals surface area contributed by atoms with E-state index >= 15 is 0 Å². The minimum Gasteiger partial charge on any atom is -0.507 e. The summed E-state index contributed by atoms with van der Waals surface area (Å²) in [5, 5.41) is 14.3. The van der Waals surface area contributed by atoms with Crippen LogP contribution in [0.15, 0.2) is 47.3 Å². The number of thiophene rings is 1. The van der Waals surface area contributed by atoms with Gasteiger partial charge in [0.25, 0.3) is 0 Å². The Bertz CT molecular complexity index is 789. The summed E-state index contributed by atoms with van der Waals surface area (Å²) >= 11 is 1.63. The fourth-order valence-electron chi connectivity index (χ4n) is 2.25. The molecule has 4 heteroatoms. The molecule has 3 aromatic rings. The van der Waals surface area contributed by atoms with Gasteiger partial charge in [0, 0.05) is 22.7 Å². The number of para-hydroxylation sites is 1. The maximum Gasteiger partial charge on any atom is 0.134 e. The van der Waals surface area contributed by atoms with E-state index in [-0.39, 0.29) is 11.2 Å². The summed E-state index contributed by atoms with van der Waals surface area (Å²) in [5.74, 6) is 1.00. The number of phenols is 1. The minimum absolute atomic E-state index is 0.147. The second kappa shape index (κ2) is 5.54. The number of aromatic nitrogens is 2. The lowest BCUT2D eigenvalue weighted by Crippen LogP contribution is -2.16. The molecule has 0 aliphatic rings. The molecule has 0 aliphatic carbocycles. The van der Waals surface area contributed by atoms with Crippen LogP contribution in [0.25, 0.3) is 22.4 Å². The van der Waals surface area contributed by atoms with Crippen LogP contribution in [0.1, 0.15) is 26.6 Å². The molecule has 0 atom stereocenters. The largest absolute Gasteiger partial charge is 0.507 e. The van der Waals surface area contributed by atoms with E-state index in [2.05, 4.69) is 31.1 Å². The van der Waals surface area contributed by atoms with Gasteiger partial charge in [-0.25, -0.2) is 9.97 Å². The molecule has 0 aliphatic heterocycles. The Morgan fingerprint density at radius 1 is 1.05 bits per heavy atom. The number of phenolic OH excluding ortho intramolecular Hbond substituents is 1.